The number of rotatable bonds is 10. The van der Waals surface area contributed by atoms with Crippen molar-refractivity contribution in [1.82, 2.24) is 20.0 Å². The van der Waals surface area contributed by atoms with Gasteiger partial charge in [-0.3, -0.25) is 9.36 Å². The van der Waals surface area contributed by atoms with Gasteiger partial charge in [0.15, 0.2) is 0 Å². The van der Waals surface area contributed by atoms with Crippen molar-refractivity contribution in [2.24, 2.45) is 0 Å². The summed E-state index contributed by atoms with van der Waals surface area (Å²) in [7, 11) is -4.40. The van der Waals surface area contributed by atoms with Crippen molar-refractivity contribution in [2.45, 2.75) is 44.7 Å². The van der Waals surface area contributed by atoms with Gasteiger partial charge in [0.25, 0.3) is 0 Å². The molecule has 2 aromatic heterocycles. The second-order valence-corrected chi connectivity index (χ2v) is 12.1. The molecule has 0 radical (unpaired) electrons. The standard InChI is InChI=1S/C29H29ClN5O5P/c1-3-29(4-2,41(37,38)39)20-11-15-22(16-12-20)31-26(36)18-17-25-27(19-9-13-21(30)14-10-19)32-28(40-25)35-24-8-6-5-7-23(24)33-34-35/h5-16H,3-4,17-18H2,1-2H3,(H,31,36)(H2,37,38,39). The molecule has 0 fully saturated rings. The Hall–Kier alpha value is -3.82. The van der Waals surface area contributed by atoms with E-state index in [1.54, 1.807) is 50.2 Å². The lowest BCUT2D eigenvalue weighted by Crippen LogP contribution is -2.24. The van der Waals surface area contributed by atoms with Gasteiger partial charge in [0.1, 0.15) is 17.0 Å². The Morgan fingerprint density at radius 3 is 2.37 bits per heavy atom. The van der Waals surface area contributed by atoms with Crippen LogP contribution in [0, 0.1) is 0 Å². The number of fused-ring (bicyclic) bond motifs is 1. The molecule has 41 heavy (non-hydrogen) atoms. The van der Waals surface area contributed by atoms with Gasteiger partial charge in [-0.25, -0.2) is 0 Å². The maximum Gasteiger partial charge on any atom is 0.335 e. The summed E-state index contributed by atoms with van der Waals surface area (Å²) in [4.78, 5) is 37.6. The minimum Gasteiger partial charge on any atom is -0.426 e. The third kappa shape index (κ3) is 5.69. The molecule has 5 aromatic rings. The van der Waals surface area contributed by atoms with Gasteiger partial charge in [-0.2, -0.15) is 9.67 Å². The summed E-state index contributed by atoms with van der Waals surface area (Å²) in [6.07, 6.45) is 0.942. The predicted molar refractivity (Wildman–Crippen MR) is 157 cm³/mol. The molecule has 0 spiro atoms. The highest BCUT2D eigenvalue weighted by atomic mass is 35.5. The SMILES string of the molecule is CCC(CC)(c1ccc(NC(=O)CCc2oc(-n3nnc4ccccc43)nc2-c2ccc(Cl)cc2)cc1)P(=O)(O)O. The third-order valence-electron chi connectivity index (χ3n) is 7.35. The molecule has 0 atom stereocenters. The first-order valence-electron chi connectivity index (χ1n) is 13.2. The minimum absolute atomic E-state index is 0.103. The fourth-order valence-corrected chi connectivity index (χ4v) is 6.43. The number of nitrogens with one attached hydrogen (secondary N) is 1. The van der Waals surface area contributed by atoms with E-state index in [0.717, 1.165) is 11.1 Å². The monoisotopic (exact) mass is 593 g/mol. The molecule has 2 heterocycles. The highest BCUT2D eigenvalue weighted by Gasteiger charge is 2.45. The molecule has 10 nitrogen and oxygen atoms in total. The zero-order chi connectivity index (χ0) is 29.2. The van der Waals surface area contributed by atoms with Gasteiger partial charge < -0.3 is 19.5 Å². The van der Waals surface area contributed by atoms with Crippen LogP contribution >= 0.6 is 19.2 Å². The number of anilines is 1. The number of hydrogen-bond acceptors (Lipinski definition) is 6. The molecule has 1 amide bonds. The summed E-state index contributed by atoms with van der Waals surface area (Å²) in [6, 6.07) is 21.5. The van der Waals surface area contributed by atoms with E-state index in [9.17, 15) is 19.1 Å². The van der Waals surface area contributed by atoms with E-state index in [2.05, 4.69) is 20.6 Å². The van der Waals surface area contributed by atoms with Crippen molar-refractivity contribution in [3.05, 3.63) is 89.1 Å². The molecule has 0 unspecified atom stereocenters. The van der Waals surface area contributed by atoms with Crippen LogP contribution in [-0.4, -0.2) is 35.7 Å². The highest BCUT2D eigenvalue weighted by molar-refractivity contribution is 7.53. The predicted octanol–water partition coefficient (Wildman–Crippen LogP) is 6.49. The number of aromatic nitrogens is 4. The fourth-order valence-electron chi connectivity index (χ4n) is 5.00. The average Bonchev–Trinajstić information content (AvgIpc) is 3.58. The van der Waals surface area contributed by atoms with E-state index in [0.29, 0.717) is 46.1 Å². The first kappa shape index (κ1) is 28.7. The van der Waals surface area contributed by atoms with Crippen LogP contribution in [0.3, 0.4) is 0 Å². The van der Waals surface area contributed by atoms with Gasteiger partial charge in [0.05, 0.1) is 10.7 Å². The lowest BCUT2D eigenvalue weighted by Gasteiger charge is -2.33. The van der Waals surface area contributed by atoms with Crippen molar-refractivity contribution < 1.29 is 23.6 Å². The fraction of sp³-hybridized carbons (Fsp3) is 0.241. The van der Waals surface area contributed by atoms with Crippen LogP contribution in [-0.2, 0) is 20.9 Å². The van der Waals surface area contributed by atoms with Crippen LogP contribution in [0.2, 0.25) is 5.02 Å². The van der Waals surface area contributed by atoms with E-state index in [4.69, 9.17) is 16.0 Å². The molecule has 0 bridgehead atoms. The summed E-state index contributed by atoms with van der Waals surface area (Å²) >= 11 is 6.09. The van der Waals surface area contributed by atoms with E-state index in [1.807, 2.05) is 36.4 Å². The summed E-state index contributed by atoms with van der Waals surface area (Å²) in [6.45, 7) is 3.52. The number of carbonyl (C=O) groups excluding carboxylic acids is 1. The second kappa shape index (κ2) is 11.6. The van der Waals surface area contributed by atoms with Crippen molar-refractivity contribution in [3.63, 3.8) is 0 Å². The first-order chi connectivity index (χ1) is 19.6. The quantitative estimate of drug-likeness (QED) is 0.156. The van der Waals surface area contributed by atoms with Gasteiger partial charge in [0.2, 0.25) is 5.91 Å². The van der Waals surface area contributed by atoms with E-state index < -0.39 is 12.8 Å². The van der Waals surface area contributed by atoms with Crippen molar-refractivity contribution in [1.29, 1.82) is 0 Å². The van der Waals surface area contributed by atoms with Gasteiger partial charge in [-0.1, -0.05) is 67.1 Å². The van der Waals surface area contributed by atoms with Gasteiger partial charge in [-0.15, -0.1) is 5.10 Å². The van der Waals surface area contributed by atoms with Gasteiger partial charge in [0, 0.05) is 29.1 Å². The van der Waals surface area contributed by atoms with Crippen LogP contribution in [0.1, 0.15) is 44.4 Å². The second-order valence-electron chi connectivity index (χ2n) is 9.67. The Bertz CT molecular complexity index is 1720. The van der Waals surface area contributed by atoms with Crippen molar-refractivity contribution >= 4 is 41.8 Å². The minimum atomic E-state index is -4.40. The van der Waals surface area contributed by atoms with E-state index in [1.165, 1.54) is 4.68 Å². The summed E-state index contributed by atoms with van der Waals surface area (Å²) in [5, 5.41) is 10.5. The normalized spacial score (nSPS) is 12.1. The number of amides is 1. The van der Waals surface area contributed by atoms with Crippen molar-refractivity contribution in [3.8, 4) is 17.3 Å². The zero-order valence-corrected chi connectivity index (χ0v) is 24.1. The van der Waals surface area contributed by atoms with Gasteiger partial charge in [-0.05, 0) is 54.8 Å². The number of halogens is 1. The number of aryl methyl sites for hydroxylation is 1. The summed E-state index contributed by atoms with van der Waals surface area (Å²) in [5.41, 5.74) is 3.84. The van der Waals surface area contributed by atoms with E-state index in [-0.39, 0.29) is 24.8 Å². The first-order valence-corrected chi connectivity index (χ1v) is 15.2. The zero-order valence-electron chi connectivity index (χ0n) is 22.5. The molecule has 0 saturated heterocycles. The maximum absolute atomic E-state index is 12.9. The number of nitrogens with zero attached hydrogens (tertiary/aromatic N) is 4. The largest absolute Gasteiger partial charge is 0.426 e. The molecule has 0 saturated carbocycles. The van der Waals surface area contributed by atoms with Crippen LogP contribution in [0.4, 0.5) is 5.69 Å². The van der Waals surface area contributed by atoms with Crippen LogP contribution in [0.15, 0.2) is 77.2 Å². The lowest BCUT2D eigenvalue weighted by molar-refractivity contribution is -0.116. The molecular formula is C29H29ClN5O5P. The summed E-state index contributed by atoms with van der Waals surface area (Å²) in [5.74, 6) is 0.251. The molecule has 0 aliphatic heterocycles. The van der Waals surface area contributed by atoms with Crippen LogP contribution in [0.5, 0.6) is 0 Å². The molecule has 3 N–H and O–H groups in total. The lowest BCUT2D eigenvalue weighted by atomic mass is 9.92. The molecule has 12 heteroatoms. The molecule has 5 rings (SSSR count). The number of hydrogen-bond donors (Lipinski definition) is 3. The Kier molecular flexibility index (Phi) is 8.11. The van der Waals surface area contributed by atoms with Crippen LogP contribution < -0.4 is 5.32 Å². The Balaban J connectivity index is 1.36. The number of para-hydroxylation sites is 1. The van der Waals surface area contributed by atoms with E-state index >= 15 is 0 Å². The number of oxazole rings is 1. The van der Waals surface area contributed by atoms with Crippen molar-refractivity contribution in [2.75, 3.05) is 5.32 Å². The Labute approximate surface area is 241 Å². The average molecular weight is 594 g/mol. The van der Waals surface area contributed by atoms with Crippen LogP contribution in [0.25, 0.3) is 28.3 Å². The molecule has 3 aromatic carbocycles. The third-order valence-corrected chi connectivity index (χ3v) is 9.61. The highest BCUT2D eigenvalue weighted by Crippen LogP contribution is 2.60. The molecule has 212 valence electrons. The Morgan fingerprint density at radius 2 is 1.71 bits per heavy atom. The number of carbonyl (C=O) groups is 1. The molecular weight excluding hydrogens is 565 g/mol. The number of benzene rings is 3. The Morgan fingerprint density at radius 1 is 1.02 bits per heavy atom. The topological polar surface area (TPSA) is 143 Å². The summed E-state index contributed by atoms with van der Waals surface area (Å²) < 4.78 is 19.9. The maximum atomic E-state index is 12.9. The van der Waals surface area contributed by atoms with Gasteiger partial charge >= 0.3 is 13.6 Å². The smallest absolute Gasteiger partial charge is 0.335 e. The molecule has 0 aliphatic rings. The molecule has 0 aliphatic carbocycles.